The van der Waals surface area contributed by atoms with Crippen molar-refractivity contribution in [2.45, 2.75) is 45.1 Å². The second-order valence-corrected chi connectivity index (χ2v) is 8.87. The lowest BCUT2D eigenvalue weighted by Crippen LogP contribution is -2.35. The summed E-state index contributed by atoms with van der Waals surface area (Å²) in [6.45, 7) is 0.358. The van der Waals surface area contributed by atoms with E-state index in [1.165, 1.54) is 34.3 Å². The van der Waals surface area contributed by atoms with Gasteiger partial charge in [0.2, 0.25) is 5.91 Å². The van der Waals surface area contributed by atoms with Crippen LogP contribution in [-0.4, -0.2) is 26.9 Å². The number of anilines is 1. The highest BCUT2D eigenvalue weighted by Gasteiger charge is 2.27. The molecule has 0 radical (unpaired) electrons. The van der Waals surface area contributed by atoms with Crippen molar-refractivity contribution in [1.29, 1.82) is 0 Å². The predicted octanol–water partition coefficient (Wildman–Crippen LogP) is 3.22. The number of nitro groups is 1. The first kappa shape index (κ1) is 18.9. The molecule has 3 heterocycles. The molecule has 1 aliphatic heterocycles. The highest BCUT2D eigenvalue weighted by atomic mass is 32.1. The molecule has 2 aromatic heterocycles. The van der Waals surface area contributed by atoms with E-state index in [2.05, 4.69) is 4.98 Å². The fraction of sp³-hybridized carbons (Fsp3) is 0.381. The fourth-order valence-electron chi connectivity index (χ4n) is 4.46. The number of carbonyl (C=O) groups is 1. The first-order valence-corrected chi connectivity index (χ1v) is 10.9. The number of benzene rings is 1. The Balaban J connectivity index is 1.45. The van der Waals surface area contributed by atoms with Crippen LogP contribution in [0.5, 0.6) is 0 Å². The summed E-state index contributed by atoms with van der Waals surface area (Å²) in [5, 5.41) is 11.7. The molecule has 1 aromatic carbocycles. The van der Waals surface area contributed by atoms with Gasteiger partial charge in [0.15, 0.2) is 0 Å². The zero-order chi connectivity index (χ0) is 20.8. The quantitative estimate of drug-likeness (QED) is 0.365. The molecule has 0 atom stereocenters. The number of aryl methyl sites for hydroxylation is 2. The first-order valence-electron chi connectivity index (χ1n) is 10.1. The van der Waals surface area contributed by atoms with Crippen LogP contribution in [0.2, 0.25) is 0 Å². The maximum absolute atomic E-state index is 13.2. The van der Waals surface area contributed by atoms with E-state index >= 15 is 0 Å². The zero-order valence-corrected chi connectivity index (χ0v) is 17.1. The summed E-state index contributed by atoms with van der Waals surface area (Å²) in [5.74, 6) is -0.216. The van der Waals surface area contributed by atoms with Crippen molar-refractivity contribution in [2.75, 3.05) is 11.4 Å². The van der Waals surface area contributed by atoms with Crippen molar-refractivity contribution in [3.63, 3.8) is 0 Å². The summed E-state index contributed by atoms with van der Waals surface area (Å²) in [6.07, 6.45) is 7.29. The third-order valence-electron chi connectivity index (χ3n) is 5.97. The van der Waals surface area contributed by atoms with Crippen molar-refractivity contribution < 1.29 is 9.72 Å². The van der Waals surface area contributed by atoms with E-state index in [4.69, 9.17) is 0 Å². The number of rotatable bonds is 3. The highest BCUT2D eigenvalue weighted by Crippen LogP contribution is 2.33. The van der Waals surface area contributed by atoms with Gasteiger partial charge in [0.1, 0.15) is 11.4 Å². The van der Waals surface area contributed by atoms with Crippen LogP contribution >= 0.6 is 11.3 Å². The Morgan fingerprint density at radius 3 is 2.87 bits per heavy atom. The molecule has 0 unspecified atom stereocenters. The molecular weight excluding hydrogens is 404 g/mol. The van der Waals surface area contributed by atoms with Gasteiger partial charge in [-0.15, -0.1) is 11.3 Å². The number of hydrogen-bond donors (Lipinski definition) is 0. The van der Waals surface area contributed by atoms with E-state index in [9.17, 15) is 19.7 Å². The van der Waals surface area contributed by atoms with E-state index in [0.717, 1.165) is 41.6 Å². The average Bonchev–Trinajstić information content (AvgIpc) is 3.24. The third-order valence-corrected chi connectivity index (χ3v) is 7.17. The molecule has 0 fully saturated rings. The van der Waals surface area contributed by atoms with Crippen LogP contribution < -0.4 is 10.5 Å². The van der Waals surface area contributed by atoms with Gasteiger partial charge in [-0.2, -0.15) is 0 Å². The van der Waals surface area contributed by atoms with Gasteiger partial charge in [-0.25, -0.2) is 4.98 Å². The number of aromatic nitrogens is 2. The average molecular weight is 424 g/mol. The molecule has 8 nitrogen and oxygen atoms in total. The lowest BCUT2D eigenvalue weighted by Gasteiger charge is -2.18. The van der Waals surface area contributed by atoms with E-state index in [-0.39, 0.29) is 23.7 Å². The van der Waals surface area contributed by atoms with Gasteiger partial charge in [0.05, 0.1) is 16.6 Å². The second-order valence-electron chi connectivity index (χ2n) is 7.79. The Kier molecular flexibility index (Phi) is 4.62. The molecular formula is C21H20N4O4S. The molecule has 2 aliphatic rings. The van der Waals surface area contributed by atoms with E-state index in [1.54, 1.807) is 22.3 Å². The number of thiophene rings is 1. The van der Waals surface area contributed by atoms with Crippen molar-refractivity contribution in [1.82, 2.24) is 9.55 Å². The fourth-order valence-corrected chi connectivity index (χ4v) is 5.68. The minimum Gasteiger partial charge on any atom is -0.310 e. The Hall–Kier alpha value is -3.07. The van der Waals surface area contributed by atoms with Gasteiger partial charge in [-0.1, -0.05) is 6.42 Å². The number of nitrogens with zero attached hydrogens (tertiary/aromatic N) is 4. The van der Waals surface area contributed by atoms with Crippen molar-refractivity contribution in [2.24, 2.45) is 0 Å². The Morgan fingerprint density at radius 2 is 2.03 bits per heavy atom. The van der Waals surface area contributed by atoms with Crippen LogP contribution in [0.25, 0.3) is 10.2 Å². The van der Waals surface area contributed by atoms with Crippen molar-refractivity contribution in [3.8, 4) is 0 Å². The molecule has 5 rings (SSSR count). The molecule has 154 valence electrons. The molecule has 9 heteroatoms. The molecule has 30 heavy (non-hydrogen) atoms. The number of fused-ring (bicyclic) bond motifs is 4. The van der Waals surface area contributed by atoms with Gasteiger partial charge in [-0.3, -0.25) is 24.3 Å². The van der Waals surface area contributed by atoms with Crippen molar-refractivity contribution >= 4 is 38.8 Å². The molecule has 1 aliphatic carbocycles. The molecule has 0 spiro atoms. The largest absolute Gasteiger partial charge is 0.310 e. The summed E-state index contributed by atoms with van der Waals surface area (Å²) in [5.41, 5.74) is 2.44. The molecule has 0 N–H and O–H groups in total. The maximum atomic E-state index is 13.2. The smallest absolute Gasteiger partial charge is 0.269 e. The Morgan fingerprint density at radius 1 is 1.20 bits per heavy atom. The summed E-state index contributed by atoms with van der Waals surface area (Å²) in [6, 6.07) is 4.54. The minimum absolute atomic E-state index is 0.0204. The van der Waals surface area contributed by atoms with Crippen LogP contribution in [0, 0.1) is 10.1 Å². The predicted molar refractivity (Wildman–Crippen MR) is 114 cm³/mol. The summed E-state index contributed by atoms with van der Waals surface area (Å²) < 4.78 is 1.39. The van der Waals surface area contributed by atoms with Crippen LogP contribution in [0.3, 0.4) is 0 Å². The van der Waals surface area contributed by atoms with E-state index < -0.39 is 4.92 Å². The first-order chi connectivity index (χ1) is 14.5. The lowest BCUT2D eigenvalue weighted by atomic mass is 10.1. The van der Waals surface area contributed by atoms with Crippen molar-refractivity contribution in [3.05, 3.63) is 61.0 Å². The van der Waals surface area contributed by atoms with E-state index in [1.807, 2.05) is 0 Å². The van der Waals surface area contributed by atoms with Gasteiger partial charge >= 0.3 is 0 Å². The van der Waals surface area contributed by atoms with Gasteiger partial charge in [0, 0.05) is 29.2 Å². The SMILES string of the molecule is O=C(Cn1cnc2sc3c(c2c1=O)CCCCC3)N1CCc2cc([N+](=O)[O-])ccc21. The minimum atomic E-state index is -0.436. The summed E-state index contributed by atoms with van der Waals surface area (Å²) in [4.78, 5) is 44.8. The summed E-state index contributed by atoms with van der Waals surface area (Å²) in [7, 11) is 0. The number of nitro benzene ring substituents is 1. The van der Waals surface area contributed by atoms with Gasteiger partial charge in [0.25, 0.3) is 11.2 Å². The molecule has 0 saturated carbocycles. The normalized spacial score (nSPS) is 15.7. The maximum Gasteiger partial charge on any atom is 0.269 e. The van der Waals surface area contributed by atoms with Gasteiger partial charge < -0.3 is 4.90 Å². The Labute approximate surface area is 175 Å². The topological polar surface area (TPSA) is 98.3 Å². The monoisotopic (exact) mass is 424 g/mol. The second kappa shape index (κ2) is 7.32. The van der Waals surface area contributed by atoms with Crippen LogP contribution in [0.1, 0.15) is 35.3 Å². The lowest BCUT2D eigenvalue weighted by molar-refractivity contribution is -0.384. The van der Waals surface area contributed by atoms with E-state index in [0.29, 0.717) is 24.0 Å². The Bertz CT molecular complexity index is 1250. The van der Waals surface area contributed by atoms with Crippen LogP contribution in [0.15, 0.2) is 29.3 Å². The number of amides is 1. The number of non-ortho nitro benzene ring substituents is 1. The molecule has 1 amide bonds. The summed E-state index contributed by atoms with van der Waals surface area (Å²) >= 11 is 1.60. The molecule has 0 saturated heterocycles. The highest BCUT2D eigenvalue weighted by molar-refractivity contribution is 7.18. The third kappa shape index (κ3) is 3.09. The zero-order valence-electron chi connectivity index (χ0n) is 16.3. The van der Waals surface area contributed by atoms with Gasteiger partial charge in [-0.05, 0) is 49.3 Å². The molecule has 3 aromatic rings. The van der Waals surface area contributed by atoms with Crippen LogP contribution in [0.4, 0.5) is 11.4 Å². The standard InChI is InChI=1S/C21H20N4O4S/c26-18(24-9-8-13-10-14(25(28)29)6-7-16(13)24)11-23-12-22-20-19(21(23)27)15-4-2-1-3-5-17(15)30-20/h6-7,10,12H,1-5,8-9,11H2. The molecule has 0 bridgehead atoms. The number of carbonyl (C=O) groups excluding carboxylic acids is 1. The van der Waals surface area contributed by atoms with Crippen LogP contribution in [-0.2, 0) is 30.6 Å². The number of hydrogen-bond acceptors (Lipinski definition) is 6.